The number of rotatable bonds is 2. The molecule has 4 rings (SSSR count). The van der Waals surface area contributed by atoms with Gasteiger partial charge in [0.05, 0.1) is 12.0 Å². The van der Waals surface area contributed by atoms with E-state index in [1.54, 1.807) is 0 Å². The highest BCUT2D eigenvalue weighted by molar-refractivity contribution is 5.84. The minimum absolute atomic E-state index is 0.00899. The van der Waals surface area contributed by atoms with E-state index < -0.39 is 0 Å². The van der Waals surface area contributed by atoms with Gasteiger partial charge in [-0.1, -0.05) is 30.3 Å². The molecule has 114 valence electrons. The van der Waals surface area contributed by atoms with Crippen LogP contribution in [0.15, 0.2) is 46.9 Å². The third-order valence-electron chi connectivity index (χ3n) is 4.90. The van der Waals surface area contributed by atoms with Crippen molar-refractivity contribution >= 4 is 5.78 Å². The van der Waals surface area contributed by atoms with Crippen LogP contribution < -0.4 is 10.9 Å². The number of nitrogens with one attached hydrogen (secondary N) is 2. The Hall–Kier alpha value is -1.91. The number of Topliss-reactive ketones (excluding diaryl/α,β-unsaturated/α-hetero) is 1. The molecule has 4 nitrogen and oxygen atoms in total. The molecule has 1 aromatic heterocycles. The van der Waals surface area contributed by atoms with Crippen molar-refractivity contribution < 1.29 is 9.21 Å². The van der Waals surface area contributed by atoms with Crippen LogP contribution in [0.5, 0.6) is 0 Å². The predicted molar refractivity (Wildman–Crippen MR) is 83.2 cm³/mol. The first kappa shape index (κ1) is 13.7. The van der Waals surface area contributed by atoms with Gasteiger partial charge in [0, 0.05) is 18.4 Å². The normalized spacial score (nSPS) is 31.2. The van der Waals surface area contributed by atoms with Gasteiger partial charge >= 0.3 is 0 Å². The van der Waals surface area contributed by atoms with E-state index in [0.717, 1.165) is 17.9 Å². The molecule has 4 heteroatoms. The molecule has 22 heavy (non-hydrogen) atoms. The third-order valence-corrected chi connectivity index (χ3v) is 4.90. The van der Waals surface area contributed by atoms with Gasteiger partial charge < -0.3 is 4.42 Å². The van der Waals surface area contributed by atoms with Crippen LogP contribution in [0.25, 0.3) is 0 Å². The van der Waals surface area contributed by atoms with Gasteiger partial charge in [-0.05, 0) is 31.0 Å². The Morgan fingerprint density at radius 3 is 2.64 bits per heavy atom. The molecule has 0 radical (unpaired) electrons. The number of hydrogen-bond donors (Lipinski definition) is 2. The smallest absolute Gasteiger partial charge is 0.140 e. The molecule has 0 bridgehead atoms. The second-order valence-corrected chi connectivity index (χ2v) is 6.36. The van der Waals surface area contributed by atoms with Gasteiger partial charge in [0.25, 0.3) is 0 Å². The minimum atomic E-state index is 0.00899. The maximum atomic E-state index is 12.7. The van der Waals surface area contributed by atoms with E-state index in [0.29, 0.717) is 12.2 Å². The second kappa shape index (κ2) is 5.38. The molecular weight excluding hydrogens is 276 g/mol. The van der Waals surface area contributed by atoms with Crippen LogP contribution in [0.4, 0.5) is 0 Å². The Morgan fingerprint density at radius 2 is 1.91 bits per heavy atom. The Kier molecular flexibility index (Phi) is 3.36. The number of aryl methyl sites for hydroxylation is 1. The number of furan rings is 1. The van der Waals surface area contributed by atoms with E-state index in [-0.39, 0.29) is 23.9 Å². The summed E-state index contributed by atoms with van der Waals surface area (Å²) >= 11 is 0. The maximum Gasteiger partial charge on any atom is 0.140 e. The summed E-state index contributed by atoms with van der Waals surface area (Å²) in [7, 11) is 0. The number of hydrazine groups is 1. The molecular formula is C18H20N2O2. The van der Waals surface area contributed by atoms with E-state index in [1.807, 2.05) is 37.3 Å². The highest BCUT2D eigenvalue weighted by atomic mass is 16.3. The molecule has 1 aliphatic carbocycles. The fourth-order valence-electron chi connectivity index (χ4n) is 3.83. The van der Waals surface area contributed by atoms with E-state index in [9.17, 15) is 4.79 Å². The molecule has 2 fully saturated rings. The van der Waals surface area contributed by atoms with Crippen molar-refractivity contribution in [2.75, 3.05) is 0 Å². The zero-order valence-electron chi connectivity index (χ0n) is 12.6. The number of ketones is 1. The van der Waals surface area contributed by atoms with Crippen molar-refractivity contribution in [3.8, 4) is 0 Å². The lowest BCUT2D eigenvalue weighted by molar-refractivity contribution is -0.125. The Bertz CT molecular complexity index is 679. The fraction of sp³-hybridized carbons (Fsp3) is 0.389. The van der Waals surface area contributed by atoms with Crippen molar-refractivity contribution in [1.29, 1.82) is 0 Å². The lowest BCUT2D eigenvalue weighted by Gasteiger charge is -2.30. The molecule has 2 aliphatic rings. The maximum absolute atomic E-state index is 12.7. The standard InChI is InChI=1S/C18H20N2O2/c1-11-7-8-16(22-11)13-9-14-17(15(21)10-13)18(20-19-14)12-5-3-2-4-6-12/h2-8,13-14,17-20H,9-10H2,1H3. The van der Waals surface area contributed by atoms with Crippen LogP contribution >= 0.6 is 0 Å². The van der Waals surface area contributed by atoms with Crippen molar-refractivity contribution in [3.05, 3.63) is 59.5 Å². The highest BCUT2D eigenvalue weighted by Crippen LogP contribution is 2.41. The molecule has 1 aliphatic heterocycles. The first-order chi connectivity index (χ1) is 10.7. The molecule has 4 unspecified atom stereocenters. The van der Waals surface area contributed by atoms with E-state index in [1.165, 1.54) is 5.56 Å². The lowest BCUT2D eigenvalue weighted by atomic mass is 9.73. The second-order valence-electron chi connectivity index (χ2n) is 6.36. The fourth-order valence-corrected chi connectivity index (χ4v) is 3.83. The number of benzene rings is 1. The molecule has 2 heterocycles. The Labute approximate surface area is 129 Å². The average Bonchev–Trinajstić information content (AvgIpc) is 3.14. The topological polar surface area (TPSA) is 54.3 Å². The third kappa shape index (κ3) is 2.28. The van der Waals surface area contributed by atoms with E-state index >= 15 is 0 Å². The first-order valence-electron chi connectivity index (χ1n) is 7.87. The summed E-state index contributed by atoms with van der Waals surface area (Å²) < 4.78 is 5.73. The molecule has 1 saturated heterocycles. The molecule has 1 aromatic carbocycles. The zero-order chi connectivity index (χ0) is 15.1. The predicted octanol–water partition coefficient (Wildman–Crippen LogP) is 2.87. The molecule has 2 aromatic rings. The van der Waals surface area contributed by atoms with Crippen LogP contribution in [-0.4, -0.2) is 11.8 Å². The summed E-state index contributed by atoms with van der Waals surface area (Å²) in [4.78, 5) is 12.7. The Balaban J connectivity index is 1.57. The van der Waals surface area contributed by atoms with Crippen molar-refractivity contribution in [2.24, 2.45) is 5.92 Å². The summed E-state index contributed by atoms with van der Waals surface area (Å²) in [6, 6.07) is 14.4. The van der Waals surface area contributed by atoms with Gasteiger partial charge in [-0.3, -0.25) is 10.2 Å². The van der Waals surface area contributed by atoms with Crippen LogP contribution in [-0.2, 0) is 4.79 Å². The van der Waals surface area contributed by atoms with Gasteiger partial charge in [0.2, 0.25) is 0 Å². The SMILES string of the molecule is Cc1ccc(C2CC(=O)C3C(C2)NNC3c2ccccc2)o1. The van der Waals surface area contributed by atoms with Crippen molar-refractivity contribution in [1.82, 2.24) is 10.9 Å². The number of carbonyl (C=O) groups excluding carboxylic acids is 1. The summed E-state index contributed by atoms with van der Waals surface area (Å²) in [5.74, 6) is 2.36. The summed E-state index contributed by atoms with van der Waals surface area (Å²) in [6.07, 6.45) is 1.50. The van der Waals surface area contributed by atoms with E-state index in [2.05, 4.69) is 23.0 Å². The molecule has 1 saturated carbocycles. The van der Waals surface area contributed by atoms with Gasteiger partial charge in [-0.15, -0.1) is 0 Å². The minimum Gasteiger partial charge on any atom is -0.466 e. The van der Waals surface area contributed by atoms with Crippen LogP contribution in [0.3, 0.4) is 0 Å². The van der Waals surface area contributed by atoms with Crippen LogP contribution in [0.1, 0.15) is 41.9 Å². The largest absolute Gasteiger partial charge is 0.466 e. The summed E-state index contributed by atoms with van der Waals surface area (Å²) in [6.45, 7) is 1.94. The van der Waals surface area contributed by atoms with E-state index in [4.69, 9.17) is 4.42 Å². The van der Waals surface area contributed by atoms with Crippen LogP contribution in [0, 0.1) is 12.8 Å². The number of carbonyl (C=O) groups is 1. The highest BCUT2D eigenvalue weighted by Gasteiger charge is 2.46. The zero-order valence-corrected chi connectivity index (χ0v) is 12.6. The molecule has 0 spiro atoms. The summed E-state index contributed by atoms with van der Waals surface area (Å²) in [5, 5.41) is 0. The average molecular weight is 296 g/mol. The lowest BCUT2D eigenvalue weighted by Crippen LogP contribution is -2.39. The van der Waals surface area contributed by atoms with Crippen LogP contribution in [0.2, 0.25) is 0 Å². The monoisotopic (exact) mass is 296 g/mol. The molecule has 0 amide bonds. The van der Waals surface area contributed by atoms with Crippen molar-refractivity contribution in [2.45, 2.75) is 37.8 Å². The van der Waals surface area contributed by atoms with Gasteiger partial charge in [-0.2, -0.15) is 0 Å². The summed E-state index contributed by atoms with van der Waals surface area (Å²) in [5.41, 5.74) is 7.82. The number of fused-ring (bicyclic) bond motifs is 1. The van der Waals surface area contributed by atoms with Crippen molar-refractivity contribution in [3.63, 3.8) is 0 Å². The first-order valence-corrected chi connectivity index (χ1v) is 7.87. The molecule has 4 atom stereocenters. The Morgan fingerprint density at radius 1 is 1.09 bits per heavy atom. The van der Waals surface area contributed by atoms with Gasteiger partial charge in [-0.25, -0.2) is 5.43 Å². The molecule has 2 N–H and O–H groups in total. The van der Waals surface area contributed by atoms with Gasteiger partial charge in [0.1, 0.15) is 17.3 Å². The van der Waals surface area contributed by atoms with Gasteiger partial charge in [0.15, 0.2) is 0 Å². The number of hydrogen-bond acceptors (Lipinski definition) is 4. The quantitative estimate of drug-likeness (QED) is 0.895.